The molecule has 98 valence electrons. The number of aromatic nitrogens is 1. The summed E-state index contributed by atoms with van der Waals surface area (Å²) in [6.07, 6.45) is 4.61. The lowest BCUT2D eigenvalue weighted by atomic mass is 10.2. The molecule has 1 aromatic heterocycles. The molecule has 7 heteroatoms. The summed E-state index contributed by atoms with van der Waals surface area (Å²) in [6, 6.07) is 1.54. The van der Waals surface area contributed by atoms with Crippen LogP contribution in [-0.4, -0.2) is 29.2 Å². The molecule has 18 heavy (non-hydrogen) atoms. The van der Waals surface area contributed by atoms with Crippen LogP contribution in [0.15, 0.2) is 16.7 Å². The molecule has 2 rings (SSSR count). The molecule has 0 aromatic carbocycles. The van der Waals surface area contributed by atoms with Crippen molar-refractivity contribution in [2.75, 3.05) is 12.4 Å². The van der Waals surface area contributed by atoms with Crippen molar-refractivity contribution >= 4 is 27.4 Å². The number of halogens is 1. The maximum Gasteiger partial charge on any atom is 0.312 e. The lowest BCUT2D eigenvalue weighted by Crippen LogP contribution is -2.30. The first-order valence-electron chi connectivity index (χ1n) is 5.71. The van der Waals surface area contributed by atoms with E-state index in [2.05, 4.69) is 26.2 Å². The zero-order chi connectivity index (χ0) is 13.1. The second-order valence-electron chi connectivity index (χ2n) is 4.23. The minimum absolute atomic E-state index is 0.0221. The molecule has 1 aliphatic carbocycles. The van der Waals surface area contributed by atoms with Crippen molar-refractivity contribution in [1.82, 2.24) is 4.98 Å². The Bertz CT molecular complexity index is 455. The number of nitro groups is 1. The zero-order valence-electron chi connectivity index (χ0n) is 9.93. The number of methoxy groups -OCH3 is 1. The summed E-state index contributed by atoms with van der Waals surface area (Å²) in [5, 5.41) is 14.1. The molecule has 1 N–H and O–H groups in total. The van der Waals surface area contributed by atoms with Gasteiger partial charge in [-0.3, -0.25) is 10.1 Å². The van der Waals surface area contributed by atoms with E-state index in [1.54, 1.807) is 13.3 Å². The maximum atomic E-state index is 11.0. The monoisotopic (exact) mass is 315 g/mol. The highest BCUT2D eigenvalue weighted by atomic mass is 79.9. The molecule has 1 saturated carbocycles. The van der Waals surface area contributed by atoms with Crippen LogP contribution >= 0.6 is 15.9 Å². The largest absolute Gasteiger partial charge is 0.379 e. The summed E-state index contributed by atoms with van der Waals surface area (Å²) in [5.41, 5.74) is -0.0221. The van der Waals surface area contributed by atoms with Crippen molar-refractivity contribution in [2.45, 2.75) is 31.4 Å². The quantitative estimate of drug-likeness (QED) is 0.682. The van der Waals surface area contributed by atoms with Gasteiger partial charge in [0.1, 0.15) is 0 Å². The summed E-state index contributed by atoms with van der Waals surface area (Å²) in [6.45, 7) is 0. The molecule has 6 nitrogen and oxygen atoms in total. The van der Waals surface area contributed by atoms with E-state index in [0.29, 0.717) is 10.3 Å². The van der Waals surface area contributed by atoms with Crippen LogP contribution in [0.3, 0.4) is 0 Å². The van der Waals surface area contributed by atoms with E-state index in [1.807, 2.05) is 0 Å². The molecule has 0 aliphatic heterocycles. The summed E-state index contributed by atoms with van der Waals surface area (Å²) in [5.74, 6) is 0.303. The number of nitrogens with one attached hydrogen (secondary N) is 1. The summed E-state index contributed by atoms with van der Waals surface area (Å²) < 4.78 is 5.94. The van der Waals surface area contributed by atoms with E-state index < -0.39 is 4.92 Å². The molecule has 1 heterocycles. The van der Waals surface area contributed by atoms with Gasteiger partial charge in [0.2, 0.25) is 5.82 Å². The lowest BCUT2D eigenvalue weighted by Gasteiger charge is -2.19. The normalized spacial score (nSPS) is 23.0. The second kappa shape index (κ2) is 5.62. The van der Waals surface area contributed by atoms with Gasteiger partial charge in [-0.2, -0.15) is 0 Å². The number of anilines is 1. The van der Waals surface area contributed by atoms with Gasteiger partial charge >= 0.3 is 5.69 Å². The molecule has 0 saturated heterocycles. The standard InChI is InChI=1S/C11H14BrN3O3/c1-18-10-4-2-3-8(10)14-11-9(15(16)17)5-7(12)6-13-11/h5-6,8,10H,2-4H2,1H3,(H,13,14). The minimum Gasteiger partial charge on any atom is -0.379 e. The van der Waals surface area contributed by atoms with Crippen molar-refractivity contribution in [1.29, 1.82) is 0 Å². The fourth-order valence-corrected chi connectivity index (χ4v) is 2.55. The van der Waals surface area contributed by atoms with Gasteiger partial charge in [0.05, 0.1) is 17.1 Å². The number of rotatable bonds is 4. The number of hydrogen-bond donors (Lipinski definition) is 1. The van der Waals surface area contributed by atoms with Crippen molar-refractivity contribution < 1.29 is 9.66 Å². The molecule has 2 atom stereocenters. The highest BCUT2D eigenvalue weighted by Crippen LogP contribution is 2.30. The molecule has 0 radical (unpaired) electrons. The predicted molar refractivity (Wildman–Crippen MR) is 70.7 cm³/mol. The van der Waals surface area contributed by atoms with Gasteiger partial charge in [0, 0.05) is 23.8 Å². The van der Waals surface area contributed by atoms with Gasteiger partial charge in [-0.1, -0.05) is 0 Å². The topological polar surface area (TPSA) is 77.3 Å². The first-order chi connectivity index (χ1) is 8.61. The molecule has 1 aromatic rings. The van der Waals surface area contributed by atoms with Crippen molar-refractivity contribution in [2.24, 2.45) is 0 Å². The minimum atomic E-state index is -0.434. The summed E-state index contributed by atoms with van der Waals surface area (Å²) in [7, 11) is 1.66. The van der Waals surface area contributed by atoms with Crippen LogP contribution in [0.1, 0.15) is 19.3 Å². The predicted octanol–water partition coefficient (Wildman–Crippen LogP) is 2.73. The van der Waals surface area contributed by atoms with Crippen LogP contribution in [0.5, 0.6) is 0 Å². The van der Waals surface area contributed by atoms with E-state index >= 15 is 0 Å². The second-order valence-corrected chi connectivity index (χ2v) is 5.15. The highest BCUT2D eigenvalue weighted by molar-refractivity contribution is 9.10. The Hall–Kier alpha value is -1.21. The fraction of sp³-hybridized carbons (Fsp3) is 0.545. The lowest BCUT2D eigenvalue weighted by molar-refractivity contribution is -0.384. The Labute approximate surface area is 113 Å². The van der Waals surface area contributed by atoms with E-state index in [1.165, 1.54) is 6.07 Å². The SMILES string of the molecule is COC1CCCC1Nc1ncc(Br)cc1[N+](=O)[O-]. The third kappa shape index (κ3) is 2.78. The van der Waals surface area contributed by atoms with E-state index in [9.17, 15) is 10.1 Å². The van der Waals surface area contributed by atoms with Gasteiger partial charge < -0.3 is 10.1 Å². The van der Waals surface area contributed by atoms with E-state index in [-0.39, 0.29) is 17.8 Å². The van der Waals surface area contributed by atoms with Crippen LogP contribution in [-0.2, 0) is 4.74 Å². The van der Waals surface area contributed by atoms with Gasteiger partial charge in [-0.25, -0.2) is 4.98 Å². The van der Waals surface area contributed by atoms with Gasteiger partial charge in [0.15, 0.2) is 0 Å². The molecular weight excluding hydrogens is 302 g/mol. The molecular formula is C11H14BrN3O3. The third-order valence-corrected chi connectivity index (χ3v) is 3.54. The Balaban J connectivity index is 2.20. The molecule has 2 unspecified atom stereocenters. The summed E-state index contributed by atoms with van der Waals surface area (Å²) in [4.78, 5) is 14.6. The van der Waals surface area contributed by atoms with E-state index in [4.69, 9.17) is 4.74 Å². The summed E-state index contributed by atoms with van der Waals surface area (Å²) >= 11 is 3.18. The fourth-order valence-electron chi connectivity index (χ4n) is 2.23. The number of hydrogen-bond acceptors (Lipinski definition) is 5. The molecule has 0 amide bonds. The van der Waals surface area contributed by atoms with E-state index in [0.717, 1.165) is 19.3 Å². The van der Waals surface area contributed by atoms with Crippen LogP contribution < -0.4 is 5.32 Å². The third-order valence-electron chi connectivity index (χ3n) is 3.11. The zero-order valence-corrected chi connectivity index (χ0v) is 11.5. The van der Waals surface area contributed by atoms with Gasteiger partial charge in [-0.05, 0) is 35.2 Å². The Kier molecular flexibility index (Phi) is 4.13. The Morgan fingerprint density at radius 3 is 3.06 bits per heavy atom. The van der Waals surface area contributed by atoms with Gasteiger partial charge in [0.25, 0.3) is 0 Å². The van der Waals surface area contributed by atoms with Crippen LogP contribution in [0.4, 0.5) is 11.5 Å². The molecule has 0 spiro atoms. The van der Waals surface area contributed by atoms with Crippen molar-refractivity contribution in [3.63, 3.8) is 0 Å². The molecule has 0 bridgehead atoms. The van der Waals surface area contributed by atoms with Crippen LogP contribution in [0, 0.1) is 10.1 Å². The van der Waals surface area contributed by atoms with Gasteiger partial charge in [-0.15, -0.1) is 0 Å². The van der Waals surface area contributed by atoms with Crippen LogP contribution in [0.25, 0.3) is 0 Å². The Morgan fingerprint density at radius 2 is 2.39 bits per heavy atom. The highest BCUT2D eigenvalue weighted by Gasteiger charge is 2.29. The number of ether oxygens (including phenoxy) is 1. The number of nitrogens with zero attached hydrogens (tertiary/aromatic N) is 2. The smallest absolute Gasteiger partial charge is 0.312 e. The van der Waals surface area contributed by atoms with Crippen LogP contribution in [0.2, 0.25) is 0 Å². The maximum absolute atomic E-state index is 11.0. The van der Waals surface area contributed by atoms with Crippen molar-refractivity contribution in [3.05, 3.63) is 26.9 Å². The van der Waals surface area contributed by atoms with Crippen molar-refractivity contribution in [3.8, 4) is 0 Å². The first kappa shape index (κ1) is 13.2. The first-order valence-corrected chi connectivity index (χ1v) is 6.50. The Morgan fingerprint density at radius 1 is 1.61 bits per heavy atom. The number of pyridine rings is 1. The molecule has 1 aliphatic rings. The molecule has 1 fully saturated rings. The average molecular weight is 316 g/mol. The average Bonchev–Trinajstić information content (AvgIpc) is 2.78.